The minimum absolute atomic E-state index is 0.0771. The number of hydrogen-bond donors (Lipinski definition) is 1. The Labute approximate surface area is 145 Å². The maximum Gasteiger partial charge on any atom is 0.264 e. The molecule has 0 bridgehead atoms. The Balaban J connectivity index is 1.53. The molecule has 0 radical (unpaired) electrons. The van der Waals surface area contributed by atoms with Gasteiger partial charge in [-0.05, 0) is 24.5 Å². The molecule has 0 atom stereocenters. The fourth-order valence-electron chi connectivity index (χ4n) is 2.76. The van der Waals surface area contributed by atoms with Gasteiger partial charge in [0.25, 0.3) is 5.56 Å². The lowest BCUT2D eigenvalue weighted by atomic mass is 10.1. The number of amides is 1. The Morgan fingerprint density at radius 3 is 2.88 bits per heavy atom. The summed E-state index contributed by atoms with van der Waals surface area (Å²) in [5.74, 6) is -0.0771. The van der Waals surface area contributed by atoms with Gasteiger partial charge < -0.3 is 5.32 Å². The van der Waals surface area contributed by atoms with E-state index in [1.54, 1.807) is 11.7 Å². The molecule has 2 heterocycles. The van der Waals surface area contributed by atoms with Gasteiger partial charge in [0.05, 0.1) is 12.5 Å². The molecule has 1 amide bonds. The fraction of sp³-hybridized carbons (Fsp3) is 0.333. The number of aromatic nitrogens is 4. The number of benzene rings is 1. The van der Waals surface area contributed by atoms with E-state index in [4.69, 9.17) is 0 Å². The first-order valence-electron chi connectivity index (χ1n) is 8.24. The van der Waals surface area contributed by atoms with Crippen molar-refractivity contribution in [3.8, 4) is 0 Å². The summed E-state index contributed by atoms with van der Waals surface area (Å²) in [5, 5.41) is 7.39. The van der Waals surface area contributed by atoms with Crippen LogP contribution in [0, 0.1) is 6.92 Å². The summed E-state index contributed by atoms with van der Waals surface area (Å²) < 4.78 is 3.00. The number of carbonyl (C=O) groups is 1. The van der Waals surface area contributed by atoms with Crippen LogP contribution >= 0.6 is 0 Å². The highest BCUT2D eigenvalue weighted by Gasteiger charge is 2.09. The molecule has 7 heteroatoms. The smallest absolute Gasteiger partial charge is 0.264 e. The van der Waals surface area contributed by atoms with Crippen molar-refractivity contribution in [2.75, 3.05) is 6.54 Å². The van der Waals surface area contributed by atoms with Crippen LogP contribution in [0.2, 0.25) is 0 Å². The van der Waals surface area contributed by atoms with E-state index in [2.05, 4.69) is 34.5 Å². The third-order valence-corrected chi connectivity index (χ3v) is 4.28. The van der Waals surface area contributed by atoms with Gasteiger partial charge in [-0.15, -0.1) is 0 Å². The highest BCUT2D eigenvalue weighted by Crippen LogP contribution is 2.07. The van der Waals surface area contributed by atoms with Crippen LogP contribution in [0.1, 0.15) is 17.5 Å². The Morgan fingerprint density at radius 1 is 1.28 bits per heavy atom. The molecule has 7 nitrogen and oxygen atoms in total. The van der Waals surface area contributed by atoms with Crippen molar-refractivity contribution in [1.29, 1.82) is 0 Å². The van der Waals surface area contributed by atoms with E-state index < -0.39 is 0 Å². The molecule has 0 spiro atoms. The zero-order chi connectivity index (χ0) is 17.8. The molecular formula is C18H21N5O2. The lowest BCUT2D eigenvalue weighted by Gasteiger charge is -2.08. The van der Waals surface area contributed by atoms with Gasteiger partial charge in [0.2, 0.25) is 5.91 Å². The predicted molar refractivity (Wildman–Crippen MR) is 95.3 cm³/mol. The second-order valence-corrected chi connectivity index (χ2v) is 6.03. The highest BCUT2D eigenvalue weighted by atomic mass is 16.1. The number of aryl methyl sites for hydroxylation is 3. The first kappa shape index (κ1) is 16.9. The molecule has 0 saturated carbocycles. The van der Waals surface area contributed by atoms with Crippen LogP contribution in [0.3, 0.4) is 0 Å². The van der Waals surface area contributed by atoms with Gasteiger partial charge in [-0.3, -0.25) is 18.8 Å². The number of rotatable bonds is 6. The van der Waals surface area contributed by atoms with Crippen molar-refractivity contribution in [2.24, 2.45) is 7.05 Å². The molecule has 130 valence electrons. The third kappa shape index (κ3) is 3.76. The topological polar surface area (TPSA) is 81.8 Å². The van der Waals surface area contributed by atoms with Crippen molar-refractivity contribution >= 4 is 16.9 Å². The Hall–Kier alpha value is -2.96. The van der Waals surface area contributed by atoms with Crippen LogP contribution in [0.4, 0.5) is 0 Å². The van der Waals surface area contributed by atoms with Crippen LogP contribution in [-0.4, -0.2) is 31.8 Å². The Morgan fingerprint density at radius 2 is 2.08 bits per heavy atom. The molecule has 25 heavy (non-hydrogen) atoms. The maximum atomic E-state index is 12.3. The van der Waals surface area contributed by atoms with E-state index in [9.17, 15) is 9.59 Å². The van der Waals surface area contributed by atoms with Crippen LogP contribution in [0.5, 0.6) is 0 Å². The van der Waals surface area contributed by atoms with Crippen LogP contribution < -0.4 is 10.9 Å². The quantitative estimate of drug-likeness (QED) is 0.731. The molecule has 0 aliphatic rings. The molecule has 3 aromatic rings. The predicted octanol–water partition coefficient (Wildman–Crippen LogP) is 1.19. The van der Waals surface area contributed by atoms with Gasteiger partial charge in [0.15, 0.2) is 5.65 Å². The summed E-state index contributed by atoms with van der Waals surface area (Å²) >= 11 is 0. The molecule has 1 N–H and O–H groups in total. The van der Waals surface area contributed by atoms with E-state index in [1.165, 1.54) is 28.2 Å². The molecule has 2 aromatic heterocycles. The van der Waals surface area contributed by atoms with Gasteiger partial charge >= 0.3 is 0 Å². The SMILES string of the molecule is Cc1ccccc1CCNC(=O)CCn1cnc2c(cnn2C)c1=O. The first-order valence-corrected chi connectivity index (χ1v) is 8.24. The summed E-state index contributed by atoms with van der Waals surface area (Å²) in [4.78, 5) is 28.6. The normalized spacial score (nSPS) is 11.0. The van der Waals surface area contributed by atoms with Crippen LogP contribution in [0.15, 0.2) is 41.6 Å². The first-order chi connectivity index (χ1) is 12.1. The average Bonchev–Trinajstić information content (AvgIpc) is 2.98. The Kier molecular flexibility index (Phi) is 4.92. The molecule has 0 aliphatic heterocycles. The minimum Gasteiger partial charge on any atom is -0.356 e. The van der Waals surface area contributed by atoms with Gasteiger partial charge in [0.1, 0.15) is 5.39 Å². The highest BCUT2D eigenvalue weighted by molar-refractivity contribution is 5.76. The summed E-state index contributed by atoms with van der Waals surface area (Å²) in [6.45, 7) is 2.94. The molecule has 3 rings (SSSR count). The van der Waals surface area contributed by atoms with Crippen molar-refractivity contribution < 1.29 is 4.79 Å². The minimum atomic E-state index is -0.175. The monoisotopic (exact) mass is 339 g/mol. The molecular weight excluding hydrogens is 318 g/mol. The summed E-state index contributed by atoms with van der Waals surface area (Å²) in [5.41, 5.74) is 2.82. The number of carbonyl (C=O) groups excluding carboxylic acids is 1. The zero-order valence-corrected chi connectivity index (χ0v) is 14.4. The number of nitrogens with zero attached hydrogens (tertiary/aromatic N) is 4. The zero-order valence-electron chi connectivity index (χ0n) is 14.4. The van der Waals surface area contributed by atoms with Crippen LogP contribution in [-0.2, 0) is 24.8 Å². The molecule has 1 aromatic carbocycles. The second-order valence-electron chi connectivity index (χ2n) is 6.03. The fourth-order valence-corrected chi connectivity index (χ4v) is 2.76. The van der Waals surface area contributed by atoms with Crippen molar-refractivity contribution in [3.63, 3.8) is 0 Å². The number of fused-ring (bicyclic) bond motifs is 1. The third-order valence-electron chi connectivity index (χ3n) is 4.28. The van der Waals surface area contributed by atoms with Gasteiger partial charge in [-0.1, -0.05) is 24.3 Å². The number of nitrogens with one attached hydrogen (secondary N) is 1. The van der Waals surface area contributed by atoms with E-state index >= 15 is 0 Å². The maximum absolute atomic E-state index is 12.3. The summed E-state index contributed by atoms with van der Waals surface area (Å²) in [6.07, 6.45) is 4.00. The van der Waals surface area contributed by atoms with Crippen molar-refractivity contribution in [2.45, 2.75) is 26.3 Å². The molecule has 0 aliphatic carbocycles. The molecule has 0 saturated heterocycles. The van der Waals surface area contributed by atoms with Gasteiger partial charge in [0, 0.05) is 26.6 Å². The van der Waals surface area contributed by atoms with E-state index in [0.717, 1.165) is 6.42 Å². The van der Waals surface area contributed by atoms with Crippen LogP contribution in [0.25, 0.3) is 11.0 Å². The van der Waals surface area contributed by atoms with E-state index in [-0.39, 0.29) is 17.9 Å². The van der Waals surface area contributed by atoms with Gasteiger partial charge in [-0.25, -0.2) is 4.98 Å². The van der Waals surface area contributed by atoms with Crippen molar-refractivity contribution in [3.05, 3.63) is 58.3 Å². The number of hydrogen-bond acceptors (Lipinski definition) is 4. The average molecular weight is 339 g/mol. The summed E-state index contributed by atoms with van der Waals surface area (Å²) in [6, 6.07) is 8.13. The largest absolute Gasteiger partial charge is 0.356 e. The molecule has 0 fully saturated rings. The van der Waals surface area contributed by atoms with Gasteiger partial charge in [-0.2, -0.15) is 5.10 Å². The van der Waals surface area contributed by atoms with E-state index in [0.29, 0.717) is 24.1 Å². The Bertz CT molecular complexity index is 957. The lowest BCUT2D eigenvalue weighted by molar-refractivity contribution is -0.121. The summed E-state index contributed by atoms with van der Waals surface area (Å²) in [7, 11) is 1.74. The second kappa shape index (κ2) is 7.29. The van der Waals surface area contributed by atoms with E-state index in [1.807, 2.05) is 12.1 Å². The lowest BCUT2D eigenvalue weighted by Crippen LogP contribution is -2.29. The van der Waals surface area contributed by atoms with Crippen molar-refractivity contribution in [1.82, 2.24) is 24.6 Å². The molecule has 0 unspecified atom stereocenters. The standard InChI is InChI=1S/C18H21N5O2/c1-13-5-3-4-6-14(13)7-9-19-16(24)8-10-23-12-20-17-15(18(23)25)11-21-22(17)2/h3-6,11-12H,7-10H2,1-2H3,(H,19,24).